The van der Waals surface area contributed by atoms with Gasteiger partial charge in [-0.15, -0.1) is 0 Å². The number of benzene rings is 2. The molecule has 0 saturated heterocycles. The van der Waals surface area contributed by atoms with Gasteiger partial charge in [0.25, 0.3) is 5.19 Å². The lowest BCUT2D eigenvalue weighted by Gasteiger charge is -2.11. The predicted molar refractivity (Wildman–Crippen MR) is 108 cm³/mol. The molecule has 2 heterocycles. The highest BCUT2D eigenvalue weighted by Gasteiger charge is 2.14. The van der Waals surface area contributed by atoms with Gasteiger partial charge in [-0.3, -0.25) is 0 Å². The highest BCUT2D eigenvalue weighted by molar-refractivity contribution is 7.11. The summed E-state index contributed by atoms with van der Waals surface area (Å²) in [6, 6.07) is 13.9. The maximum atomic E-state index is 12.2. The molecule has 28 heavy (non-hydrogen) atoms. The molecule has 2 aromatic heterocycles. The van der Waals surface area contributed by atoms with Crippen molar-refractivity contribution in [2.75, 3.05) is 0 Å². The van der Waals surface area contributed by atoms with Gasteiger partial charge in [-0.2, -0.15) is 9.36 Å². The van der Waals surface area contributed by atoms with E-state index in [9.17, 15) is 4.79 Å². The molecule has 0 N–H and O–H groups in total. The number of nitrogens with zero attached hydrogens (tertiary/aromatic N) is 5. The molecule has 0 radical (unpaired) electrons. The Hall–Kier alpha value is -3.26. The molecule has 4 rings (SSSR count). The first-order valence-electron chi connectivity index (χ1n) is 8.76. The number of hydrogen-bond acceptors (Lipinski definition) is 6. The molecule has 0 bridgehead atoms. The minimum atomic E-state index is -0.303. The zero-order valence-electron chi connectivity index (χ0n) is 15.8. The van der Waals surface area contributed by atoms with Crippen molar-refractivity contribution in [3.05, 3.63) is 75.0 Å². The molecule has 0 aliphatic carbocycles. The SMILES string of the molecule is Cc1ccc(-c2csc(OCc3c(C)cccc3-n3nnn(C)c3=O)n2)cc1. The predicted octanol–water partition coefficient (Wildman–Crippen LogP) is 3.29. The first kappa shape index (κ1) is 18.1. The quantitative estimate of drug-likeness (QED) is 0.520. The number of rotatable bonds is 5. The lowest BCUT2D eigenvalue weighted by Crippen LogP contribution is -2.23. The van der Waals surface area contributed by atoms with Crippen LogP contribution in [-0.2, 0) is 13.7 Å². The summed E-state index contributed by atoms with van der Waals surface area (Å²) in [6.45, 7) is 4.32. The van der Waals surface area contributed by atoms with Crippen LogP contribution in [0.25, 0.3) is 16.9 Å². The summed E-state index contributed by atoms with van der Waals surface area (Å²) in [4.78, 5) is 16.8. The van der Waals surface area contributed by atoms with Crippen molar-refractivity contribution in [1.29, 1.82) is 0 Å². The summed E-state index contributed by atoms with van der Waals surface area (Å²) in [6.07, 6.45) is 0. The van der Waals surface area contributed by atoms with Gasteiger partial charge in [0.05, 0.1) is 11.4 Å². The number of tetrazole rings is 1. The van der Waals surface area contributed by atoms with Gasteiger partial charge in [-0.1, -0.05) is 53.3 Å². The third-order valence-electron chi connectivity index (χ3n) is 4.51. The summed E-state index contributed by atoms with van der Waals surface area (Å²) < 4.78 is 8.42. The van der Waals surface area contributed by atoms with E-state index in [2.05, 4.69) is 34.5 Å². The standard InChI is InChI=1S/C20H19N5O2S/c1-13-7-9-15(10-8-13)17-12-28-19(21-17)27-11-16-14(2)5-4-6-18(16)25-20(26)24(3)22-23-25/h4-10,12H,11H2,1-3H3. The lowest BCUT2D eigenvalue weighted by molar-refractivity contribution is 0.303. The number of hydrogen-bond donors (Lipinski definition) is 0. The number of thiazole rings is 1. The minimum absolute atomic E-state index is 0.284. The van der Waals surface area contributed by atoms with Crippen molar-refractivity contribution in [1.82, 2.24) is 24.8 Å². The maximum Gasteiger partial charge on any atom is 0.368 e. The Kier molecular flexibility index (Phi) is 4.79. The molecule has 142 valence electrons. The van der Waals surface area contributed by atoms with Crippen molar-refractivity contribution in [2.24, 2.45) is 7.05 Å². The van der Waals surface area contributed by atoms with Crippen molar-refractivity contribution < 1.29 is 4.74 Å². The first-order chi connectivity index (χ1) is 13.5. The van der Waals surface area contributed by atoms with Crippen molar-refractivity contribution in [2.45, 2.75) is 20.5 Å². The summed E-state index contributed by atoms with van der Waals surface area (Å²) in [5.41, 5.74) is 5.38. The van der Waals surface area contributed by atoms with Gasteiger partial charge in [0.15, 0.2) is 0 Å². The molecule has 0 atom stereocenters. The first-order valence-corrected chi connectivity index (χ1v) is 9.64. The molecule has 7 nitrogen and oxygen atoms in total. The van der Waals surface area contributed by atoms with E-state index in [4.69, 9.17) is 4.74 Å². The highest BCUT2D eigenvalue weighted by atomic mass is 32.1. The molecule has 0 spiro atoms. The Morgan fingerprint density at radius 2 is 1.86 bits per heavy atom. The van der Waals surface area contributed by atoms with Crippen LogP contribution in [-0.4, -0.2) is 24.8 Å². The van der Waals surface area contributed by atoms with E-state index in [1.807, 2.05) is 42.6 Å². The third kappa shape index (κ3) is 3.46. The molecular weight excluding hydrogens is 374 g/mol. The summed E-state index contributed by atoms with van der Waals surface area (Å²) >= 11 is 1.45. The number of aryl methyl sites for hydroxylation is 3. The van der Waals surface area contributed by atoms with Gasteiger partial charge >= 0.3 is 5.69 Å². The Morgan fingerprint density at radius 3 is 2.57 bits per heavy atom. The van der Waals surface area contributed by atoms with Gasteiger partial charge in [-0.25, -0.2) is 9.78 Å². The molecule has 0 aliphatic rings. The van der Waals surface area contributed by atoms with Crippen LogP contribution >= 0.6 is 11.3 Å². The number of ether oxygens (including phenoxy) is 1. The van der Waals surface area contributed by atoms with Crippen LogP contribution in [0.15, 0.2) is 52.6 Å². The van der Waals surface area contributed by atoms with Crippen LogP contribution in [0.4, 0.5) is 0 Å². The monoisotopic (exact) mass is 393 g/mol. The van der Waals surface area contributed by atoms with E-state index >= 15 is 0 Å². The van der Waals surface area contributed by atoms with Crippen LogP contribution in [0.2, 0.25) is 0 Å². The lowest BCUT2D eigenvalue weighted by atomic mass is 10.1. The van der Waals surface area contributed by atoms with Gasteiger partial charge in [0.2, 0.25) is 0 Å². The maximum absolute atomic E-state index is 12.2. The van der Waals surface area contributed by atoms with E-state index in [1.165, 1.54) is 26.3 Å². The number of aromatic nitrogens is 5. The van der Waals surface area contributed by atoms with E-state index < -0.39 is 0 Å². The van der Waals surface area contributed by atoms with Crippen LogP contribution in [0, 0.1) is 13.8 Å². The molecule has 0 aliphatic heterocycles. The molecular formula is C20H19N5O2S. The van der Waals surface area contributed by atoms with Crippen molar-refractivity contribution in [3.8, 4) is 22.1 Å². The van der Waals surface area contributed by atoms with Crippen molar-refractivity contribution >= 4 is 11.3 Å². The topological polar surface area (TPSA) is 74.8 Å². The molecule has 4 aromatic rings. The normalized spacial score (nSPS) is 11.0. The molecule has 0 amide bonds. The summed E-state index contributed by atoms with van der Waals surface area (Å²) in [7, 11) is 1.57. The van der Waals surface area contributed by atoms with Crippen LogP contribution < -0.4 is 10.4 Å². The fourth-order valence-electron chi connectivity index (χ4n) is 2.85. The van der Waals surface area contributed by atoms with E-state index in [0.29, 0.717) is 10.9 Å². The second-order valence-electron chi connectivity index (χ2n) is 6.52. The fraction of sp³-hybridized carbons (Fsp3) is 0.200. The molecule has 8 heteroatoms. The third-order valence-corrected chi connectivity index (χ3v) is 5.26. The van der Waals surface area contributed by atoms with Gasteiger partial charge in [0.1, 0.15) is 6.61 Å². The van der Waals surface area contributed by atoms with Gasteiger partial charge in [0, 0.05) is 23.6 Å². The van der Waals surface area contributed by atoms with Gasteiger partial charge in [-0.05, 0) is 35.9 Å². The van der Waals surface area contributed by atoms with Crippen LogP contribution in [0.1, 0.15) is 16.7 Å². The summed E-state index contributed by atoms with van der Waals surface area (Å²) in [5.74, 6) is 0. The van der Waals surface area contributed by atoms with E-state index in [1.54, 1.807) is 7.05 Å². The van der Waals surface area contributed by atoms with Crippen molar-refractivity contribution in [3.63, 3.8) is 0 Å². The second kappa shape index (κ2) is 7.40. The Morgan fingerprint density at radius 1 is 1.07 bits per heavy atom. The average Bonchev–Trinajstić information content (AvgIpc) is 3.29. The molecule has 2 aromatic carbocycles. The Balaban J connectivity index is 1.58. The summed E-state index contributed by atoms with van der Waals surface area (Å²) in [5, 5.41) is 10.3. The average molecular weight is 393 g/mol. The molecule has 0 unspecified atom stereocenters. The largest absolute Gasteiger partial charge is 0.465 e. The zero-order chi connectivity index (χ0) is 19.7. The Bertz CT molecular complexity index is 1170. The van der Waals surface area contributed by atoms with E-state index in [-0.39, 0.29) is 12.3 Å². The zero-order valence-corrected chi connectivity index (χ0v) is 16.6. The highest BCUT2D eigenvalue weighted by Crippen LogP contribution is 2.28. The minimum Gasteiger partial charge on any atom is -0.465 e. The second-order valence-corrected chi connectivity index (χ2v) is 7.34. The van der Waals surface area contributed by atoms with Crippen LogP contribution in [0.5, 0.6) is 5.19 Å². The molecule has 0 fully saturated rings. The van der Waals surface area contributed by atoms with E-state index in [0.717, 1.165) is 22.4 Å². The fourth-order valence-corrected chi connectivity index (χ4v) is 3.53. The molecule has 0 saturated carbocycles. The van der Waals surface area contributed by atoms with Gasteiger partial charge < -0.3 is 4.74 Å². The smallest absolute Gasteiger partial charge is 0.368 e. The van der Waals surface area contributed by atoms with Crippen LogP contribution in [0.3, 0.4) is 0 Å². The Labute approximate surface area is 165 Å².